The molecule has 1 rings (SSSR count). The van der Waals surface area contributed by atoms with Gasteiger partial charge in [-0.15, -0.1) is 0 Å². The Hall–Kier alpha value is -1.35. The molecule has 0 spiro atoms. The molecule has 0 aromatic heterocycles. The normalized spacial score (nSPS) is 13.9. The van der Waals surface area contributed by atoms with Crippen molar-refractivity contribution in [2.45, 2.75) is 39.2 Å². The zero-order valence-electron chi connectivity index (χ0n) is 11.3. The number of nitrogens with two attached hydrogens (primary N) is 1. The summed E-state index contributed by atoms with van der Waals surface area (Å²) in [6, 6.07) is 9.68. The number of rotatable bonds is 7. The second kappa shape index (κ2) is 7.88. The first-order chi connectivity index (χ1) is 8.65. The lowest BCUT2D eigenvalue weighted by Gasteiger charge is -2.16. The molecular formula is C15H23NO2. The van der Waals surface area contributed by atoms with Crippen LogP contribution in [0, 0.1) is 5.92 Å². The molecule has 0 bridgehead atoms. The molecule has 18 heavy (non-hydrogen) atoms. The van der Waals surface area contributed by atoms with Crippen LogP contribution in [0.25, 0.3) is 0 Å². The highest BCUT2D eigenvalue weighted by molar-refractivity contribution is 5.75. The van der Waals surface area contributed by atoms with Crippen molar-refractivity contribution in [2.24, 2.45) is 11.7 Å². The zero-order valence-corrected chi connectivity index (χ0v) is 11.3. The van der Waals surface area contributed by atoms with Gasteiger partial charge >= 0.3 is 5.97 Å². The van der Waals surface area contributed by atoms with Crippen LogP contribution in [0.1, 0.15) is 32.3 Å². The highest BCUT2D eigenvalue weighted by atomic mass is 16.5. The van der Waals surface area contributed by atoms with Gasteiger partial charge in [0.25, 0.3) is 0 Å². The van der Waals surface area contributed by atoms with Crippen LogP contribution in [0.4, 0.5) is 0 Å². The Bertz CT molecular complexity index is 351. The van der Waals surface area contributed by atoms with Crippen molar-refractivity contribution < 1.29 is 9.53 Å². The molecule has 0 amide bonds. The van der Waals surface area contributed by atoms with Gasteiger partial charge in [0, 0.05) is 0 Å². The molecule has 1 aromatic carbocycles. The van der Waals surface area contributed by atoms with Crippen molar-refractivity contribution in [2.75, 3.05) is 6.61 Å². The quantitative estimate of drug-likeness (QED) is 0.597. The van der Waals surface area contributed by atoms with Crippen LogP contribution in [0.2, 0.25) is 0 Å². The monoisotopic (exact) mass is 249 g/mol. The smallest absolute Gasteiger partial charge is 0.323 e. The highest BCUT2D eigenvalue weighted by Crippen LogP contribution is 2.07. The van der Waals surface area contributed by atoms with Crippen molar-refractivity contribution in [3.05, 3.63) is 35.9 Å². The first kappa shape index (κ1) is 14.7. The maximum atomic E-state index is 11.6. The van der Waals surface area contributed by atoms with Crippen molar-refractivity contribution in [1.29, 1.82) is 0 Å². The number of aryl methyl sites for hydroxylation is 1. The molecule has 2 atom stereocenters. The molecule has 1 aromatic rings. The predicted molar refractivity (Wildman–Crippen MR) is 73.2 cm³/mol. The van der Waals surface area contributed by atoms with E-state index in [1.807, 2.05) is 32.0 Å². The summed E-state index contributed by atoms with van der Waals surface area (Å²) in [6.45, 7) is 4.43. The lowest BCUT2D eigenvalue weighted by Crippen LogP contribution is -2.38. The molecule has 0 aliphatic heterocycles. The first-order valence-electron chi connectivity index (χ1n) is 6.61. The third-order valence-corrected chi connectivity index (χ3v) is 3.23. The molecule has 0 saturated carbocycles. The van der Waals surface area contributed by atoms with E-state index in [2.05, 4.69) is 12.1 Å². The fraction of sp³-hybridized carbons (Fsp3) is 0.533. The van der Waals surface area contributed by atoms with Gasteiger partial charge in [0.1, 0.15) is 6.04 Å². The topological polar surface area (TPSA) is 52.3 Å². The lowest BCUT2D eigenvalue weighted by molar-refractivity contribution is -0.146. The Labute approximate surface area is 109 Å². The van der Waals surface area contributed by atoms with E-state index in [4.69, 9.17) is 10.5 Å². The van der Waals surface area contributed by atoms with Crippen LogP contribution in [-0.4, -0.2) is 18.6 Å². The van der Waals surface area contributed by atoms with Crippen molar-refractivity contribution in [3.63, 3.8) is 0 Å². The predicted octanol–water partition coefficient (Wildman–Crippen LogP) is 2.54. The summed E-state index contributed by atoms with van der Waals surface area (Å²) in [4.78, 5) is 11.6. The molecule has 0 radical (unpaired) electrons. The second-order valence-corrected chi connectivity index (χ2v) is 4.67. The molecule has 2 unspecified atom stereocenters. The fourth-order valence-corrected chi connectivity index (χ4v) is 1.68. The summed E-state index contributed by atoms with van der Waals surface area (Å²) in [5.41, 5.74) is 7.05. The van der Waals surface area contributed by atoms with E-state index in [9.17, 15) is 4.79 Å². The van der Waals surface area contributed by atoms with Gasteiger partial charge in [-0.25, -0.2) is 0 Å². The lowest BCUT2D eigenvalue weighted by atomic mass is 10.0. The van der Waals surface area contributed by atoms with Gasteiger partial charge in [-0.05, 0) is 24.3 Å². The molecule has 3 nitrogen and oxygen atoms in total. The third-order valence-electron chi connectivity index (χ3n) is 3.23. The van der Waals surface area contributed by atoms with E-state index in [-0.39, 0.29) is 11.9 Å². The van der Waals surface area contributed by atoms with Crippen molar-refractivity contribution in [3.8, 4) is 0 Å². The number of carbonyl (C=O) groups excluding carboxylic acids is 1. The Morgan fingerprint density at radius 2 is 2.00 bits per heavy atom. The van der Waals surface area contributed by atoms with Crippen LogP contribution < -0.4 is 5.73 Å². The second-order valence-electron chi connectivity index (χ2n) is 4.67. The van der Waals surface area contributed by atoms with Crippen LogP contribution in [0.5, 0.6) is 0 Å². The number of carbonyl (C=O) groups is 1. The van der Waals surface area contributed by atoms with E-state index < -0.39 is 6.04 Å². The Morgan fingerprint density at radius 1 is 1.33 bits per heavy atom. The van der Waals surface area contributed by atoms with Gasteiger partial charge in [0.2, 0.25) is 0 Å². The van der Waals surface area contributed by atoms with Crippen molar-refractivity contribution >= 4 is 5.97 Å². The van der Waals surface area contributed by atoms with Crippen LogP contribution in [0.3, 0.4) is 0 Å². The van der Waals surface area contributed by atoms with Gasteiger partial charge in [-0.1, -0.05) is 50.6 Å². The molecule has 100 valence electrons. The average Bonchev–Trinajstić information content (AvgIpc) is 2.42. The average molecular weight is 249 g/mol. The molecule has 0 heterocycles. The number of hydrogen-bond donors (Lipinski definition) is 1. The minimum Gasteiger partial charge on any atom is -0.465 e. The summed E-state index contributed by atoms with van der Waals surface area (Å²) >= 11 is 0. The maximum absolute atomic E-state index is 11.6. The number of ether oxygens (including phenoxy) is 1. The van der Waals surface area contributed by atoms with E-state index in [1.165, 1.54) is 5.56 Å². The number of esters is 1. The Kier molecular flexibility index (Phi) is 6.44. The molecule has 0 fully saturated rings. The molecule has 3 heteroatoms. The van der Waals surface area contributed by atoms with Gasteiger partial charge in [-0.2, -0.15) is 0 Å². The third kappa shape index (κ3) is 4.88. The standard InChI is InChI=1S/C15H23NO2/c1-3-12(2)14(16)15(17)18-11-7-10-13-8-5-4-6-9-13/h4-6,8-9,12,14H,3,7,10-11,16H2,1-2H3. The van der Waals surface area contributed by atoms with Crippen LogP contribution >= 0.6 is 0 Å². The summed E-state index contributed by atoms with van der Waals surface area (Å²) in [5, 5.41) is 0. The first-order valence-corrected chi connectivity index (χ1v) is 6.61. The molecular weight excluding hydrogens is 226 g/mol. The minimum atomic E-state index is -0.494. The summed E-state index contributed by atoms with van der Waals surface area (Å²) in [7, 11) is 0. The molecule has 0 aliphatic rings. The molecule has 0 aliphatic carbocycles. The summed E-state index contributed by atoms with van der Waals surface area (Å²) in [5.74, 6) is -0.107. The summed E-state index contributed by atoms with van der Waals surface area (Å²) < 4.78 is 5.18. The molecule has 2 N–H and O–H groups in total. The molecule has 0 saturated heterocycles. The van der Waals surface area contributed by atoms with E-state index >= 15 is 0 Å². The highest BCUT2D eigenvalue weighted by Gasteiger charge is 2.20. The van der Waals surface area contributed by atoms with Crippen LogP contribution in [0.15, 0.2) is 30.3 Å². The van der Waals surface area contributed by atoms with Gasteiger partial charge < -0.3 is 10.5 Å². The van der Waals surface area contributed by atoms with E-state index in [1.54, 1.807) is 0 Å². The zero-order chi connectivity index (χ0) is 13.4. The largest absolute Gasteiger partial charge is 0.465 e. The minimum absolute atomic E-state index is 0.173. The summed E-state index contributed by atoms with van der Waals surface area (Å²) in [6.07, 6.45) is 2.65. The van der Waals surface area contributed by atoms with Crippen LogP contribution in [-0.2, 0) is 16.0 Å². The Morgan fingerprint density at radius 3 is 2.61 bits per heavy atom. The number of benzene rings is 1. The Balaban J connectivity index is 2.20. The van der Waals surface area contributed by atoms with Crippen molar-refractivity contribution in [1.82, 2.24) is 0 Å². The van der Waals surface area contributed by atoms with E-state index in [0.717, 1.165) is 19.3 Å². The van der Waals surface area contributed by atoms with E-state index in [0.29, 0.717) is 6.61 Å². The van der Waals surface area contributed by atoms with Gasteiger partial charge in [0.05, 0.1) is 6.61 Å². The SMILES string of the molecule is CCC(C)C(N)C(=O)OCCCc1ccccc1. The maximum Gasteiger partial charge on any atom is 0.323 e. The van der Waals surface area contributed by atoms with Gasteiger partial charge in [-0.3, -0.25) is 4.79 Å². The number of hydrogen-bond acceptors (Lipinski definition) is 3. The fourth-order valence-electron chi connectivity index (χ4n) is 1.68. The van der Waals surface area contributed by atoms with Gasteiger partial charge in [0.15, 0.2) is 0 Å².